The highest BCUT2D eigenvalue weighted by Gasteiger charge is 2.53. The van der Waals surface area contributed by atoms with Gasteiger partial charge in [-0.3, -0.25) is 4.79 Å². The van der Waals surface area contributed by atoms with Gasteiger partial charge in [0, 0.05) is 12.1 Å². The van der Waals surface area contributed by atoms with E-state index in [4.69, 9.17) is 27.9 Å². The molecule has 4 aliphatic carbocycles. The fraction of sp³-hybridized carbons (Fsp3) is 0.650. The van der Waals surface area contributed by atoms with E-state index in [1.54, 1.807) is 18.2 Å². The Morgan fingerprint density at radius 3 is 2.32 bits per heavy atom. The summed E-state index contributed by atoms with van der Waals surface area (Å²) in [5.41, 5.74) is 0.313. The molecule has 4 saturated carbocycles. The van der Waals surface area contributed by atoms with Gasteiger partial charge in [0.05, 0.1) is 10.0 Å². The van der Waals surface area contributed by atoms with E-state index >= 15 is 0 Å². The fourth-order valence-corrected chi connectivity index (χ4v) is 6.15. The number of hydrogen-bond acceptors (Lipinski definition) is 2. The van der Waals surface area contributed by atoms with Gasteiger partial charge in [-0.1, -0.05) is 23.2 Å². The van der Waals surface area contributed by atoms with E-state index < -0.39 is 0 Å². The van der Waals surface area contributed by atoms with Crippen LogP contribution >= 0.6 is 23.2 Å². The van der Waals surface area contributed by atoms with Crippen LogP contribution in [-0.2, 0) is 4.79 Å². The highest BCUT2D eigenvalue weighted by atomic mass is 35.5. The highest BCUT2D eigenvalue weighted by molar-refractivity contribution is 6.42. The lowest BCUT2D eigenvalue weighted by Crippen LogP contribution is -2.56. The smallest absolute Gasteiger partial charge is 0.258 e. The summed E-state index contributed by atoms with van der Waals surface area (Å²) in [6, 6.07) is 5.25. The summed E-state index contributed by atoms with van der Waals surface area (Å²) in [5.74, 6) is 3.16. The highest BCUT2D eigenvalue weighted by Crippen LogP contribution is 2.61. The molecule has 0 aliphatic heterocycles. The maximum Gasteiger partial charge on any atom is 0.258 e. The van der Waals surface area contributed by atoms with E-state index in [0.29, 0.717) is 21.2 Å². The lowest BCUT2D eigenvalue weighted by Gasteiger charge is -2.59. The molecule has 0 saturated heterocycles. The molecule has 3 nitrogen and oxygen atoms in total. The average Bonchev–Trinajstić information content (AvgIpc) is 2.54. The maximum atomic E-state index is 12.4. The molecule has 4 fully saturated rings. The van der Waals surface area contributed by atoms with Gasteiger partial charge in [-0.25, -0.2) is 0 Å². The molecular formula is C20H25Cl2NO2. The van der Waals surface area contributed by atoms with Gasteiger partial charge in [0.25, 0.3) is 5.91 Å². The fourth-order valence-electron chi connectivity index (χ4n) is 5.86. The number of hydrogen-bond donors (Lipinski definition) is 1. The molecule has 5 heteroatoms. The van der Waals surface area contributed by atoms with Crippen LogP contribution in [0.3, 0.4) is 0 Å². The Kier molecular flexibility index (Phi) is 4.66. The summed E-state index contributed by atoms with van der Waals surface area (Å²) in [5, 5.41) is 4.12. The molecule has 25 heavy (non-hydrogen) atoms. The molecule has 0 spiro atoms. The first-order chi connectivity index (χ1) is 11.9. The zero-order valence-corrected chi connectivity index (χ0v) is 16.1. The van der Waals surface area contributed by atoms with E-state index in [9.17, 15) is 4.79 Å². The first-order valence-electron chi connectivity index (χ1n) is 9.31. The second kappa shape index (κ2) is 6.66. The number of carbonyl (C=O) groups excluding carboxylic acids is 1. The third kappa shape index (κ3) is 3.50. The number of benzene rings is 1. The lowest BCUT2D eigenvalue weighted by molar-refractivity contribution is -0.127. The van der Waals surface area contributed by atoms with Gasteiger partial charge < -0.3 is 10.1 Å². The Morgan fingerprint density at radius 1 is 1.16 bits per heavy atom. The van der Waals surface area contributed by atoms with Crippen LogP contribution < -0.4 is 10.1 Å². The third-order valence-corrected chi connectivity index (χ3v) is 7.38. The van der Waals surface area contributed by atoms with Gasteiger partial charge in [-0.05, 0) is 80.8 Å². The van der Waals surface area contributed by atoms with Gasteiger partial charge in [0.1, 0.15) is 5.75 Å². The van der Waals surface area contributed by atoms with Crippen molar-refractivity contribution in [3.63, 3.8) is 0 Å². The first kappa shape index (κ1) is 17.5. The normalized spacial score (nSPS) is 34.0. The first-order valence-corrected chi connectivity index (χ1v) is 10.1. The average molecular weight is 382 g/mol. The molecule has 0 aromatic heterocycles. The second-order valence-electron chi connectivity index (χ2n) is 8.43. The molecule has 136 valence electrons. The van der Waals surface area contributed by atoms with Crippen molar-refractivity contribution >= 4 is 29.1 Å². The van der Waals surface area contributed by atoms with Crippen molar-refractivity contribution < 1.29 is 9.53 Å². The molecule has 1 aromatic carbocycles. The van der Waals surface area contributed by atoms with Gasteiger partial charge >= 0.3 is 0 Å². The molecule has 1 aromatic rings. The molecule has 0 radical (unpaired) electrons. The van der Waals surface area contributed by atoms with Crippen LogP contribution in [0.4, 0.5) is 0 Å². The van der Waals surface area contributed by atoms with E-state index in [1.807, 2.05) is 0 Å². The van der Waals surface area contributed by atoms with Crippen molar-refractivity contribution in [2.24, 2.45) is 23.2 Å². The van der Waals surface area contributed by atoms with Crippen molar-refractivity contribution in [2.75, 3.05) is 6.61 Å². The maximum absolute atomic E-state index is 12.4. The molecule has 4 bridgehead atoms. The van der Waals surface area contributed by atoms with Gasteiger partial charge in [0.2, 0.25) is 0 Å². The topological polar surface area (TPSA) is 38.3 Å². The van der Waals surface area contributed by atoms with Gasteiger partial charge in [0.15, 0.2) is 6.61 Å². The minimum atomic E-state index is -0.0608. The standard InChI is InChI=1S/C20H25Cl2NO2/c1-12(20-8-13-4-14(9-20)6-15(5-13)10-20)23-19(24)11-25-16-2-3-17(21)18(22)7-16/h2-3,7,12-15H,4-6,8-11H2,1H3,(H,23,24)/t12-,13?,14?,15?,20?/m1/s1. The van der Waals surface area contributed by atoms with Gasteiger partial charge in [-0.15, -0.1) is 0 Å². The molecule has 5 rings (SSSR count). The summed E-state index contributed by atoms with van der Waals surface area (Å²) in [6.07, 6.45) is 8.11. The molecule has 1 amide bonds. The SMILES string of the molecule is C[C@@H](NC(=O)COc1ccc(Cl)c(Cl)c1)C12CC3CC(CC(C3)C1)C2. The number of nitrogens with one attached hydrogen (secondary N) is 1. The van der Waals surface area contributed by atoms with Crippen LogP contribution in [0.15, 0.2) is 18.2 Å². The van der Waals surface area contributed by atoms with Crippen LogP contribution in [0.5, 0.6) is 5.75 Å². The zero-order chi connectivity index (χ0) is 17.6. The minimum absolute atomic E-state index is 0.00860. The molecule has 1 atom stereocenters. The Bertz CT molecular complexity index is 640. The summed E-state index contributed by atoms with van der Waals surface area (Å²) < 4.78 is 5.57. The number of carbonyl (C=O) groups is 1. The number of halogens is 2. The summed E-state index contributed by atoms with van der Waals surface area (Å²) in [7, 11) is 0. The van der Waals surface area contributed by atoms with Crippen LogP contribution in [0, 0.1) is 23.2 Å². The van der Waals surface area contributed by atoms with E-state index in [0.717, 1.165) is 17.8 Å². The van der Waals surface area contributed by atoms with Crippen molar-refractivity contribution in [2.45, 2.75) is 51.5 Å². The summed E-state index contributed by atoms with van der Waals surface area (Å²) >= 11 is 11.9. The predicted octanol–water partition coefficient (Wildman–Crippen LogP) is 5.09. The predicted molar refractivity (Wildman–Crippen MR) is 100 cm³/mol. The monoisotopic (exact) mass is 381 g/mol. The molecule has 0 unspecified atom stereocenters. The Morgan fingerprint density at radius 2 is 1.76 bits per heavy atom. The Hall–Kier alpha value is -0.930. The third-order valence-electron chi connectivity index (χ3n) is 6.64. The van der Waals surface area contributed by atoms with E-state index in [1.165, 1.54) is 38.5 Å². The summed E-state index contributed by atoms with van der Waals surface area (Å²) in [6.45, 7) is 2.19. The number of amides is 1. The minimum Gasteiger partial charge on any atom is -0.484 e. The summed E-state index contributed by atoms with van der Waals surface area (Å²) in [4.78, 5) is 12.4. The van der Waals surface area contributed by atoms with Crippen LogP contribution in [0.2, 0.25) is 10.0 Å². The van der Waals surface area contributed by atoms with Crippen LogP contribution in [0.25, 0.3) is 0 Å². The van der Waals surface area contributed by atoms with E-state index in [-0.39, 0.29) is 18.6 Å². The molecule has 4 aliphatic rings. The largest absolute Gasteiger partial charge is 0.484 e. The molecule has 1 N–H and O–H groups in total. The quantitative estimate of drug-likeness (QED) is 0.770. The van der Waals surface area contributed by atoms with Crippen molar-refractivity contribution in [1.29, 1.82) is 0 Å². The van der Waals surface area contributed by atoms with Crippen LogP contribution in [-0.4, -0.2) is 18.6 Å². The number of rotatable bonds is 5. The molecular weight excluding hydrogens is 357 g/mol. The Balaban J connectivity index is 1.34. The second-order valence-corrected chi connectivity index (χ2v) is 9.25. The van der Waals surface area contributed by atoms with Crippen LogP contribution in [0.1, 0.15) is 45.4 Å². The van der Waals surface area contributed by atoms with Crippen molar-refractivity contribution in [3.8, 4) is 5.75 Å². The Labute approximate surface area is 159 Å². The number of ether oxygens (including phenoxy) is 1. The van der Waals surface area contributed by atoms with Crippen molar-refractivity contribution in [1.82, 2.24) is 5.32 Å². The van der Waals surface area contributed by atoms with Crippen molar-refractivity contribution in [3.05, 3.63) is 28.2 Å². The lowest BCUT2D eigenvalue weighted by atomic mass is 9.48. The zero-order valence-electron chi connectivity index (χ0n) is 14.6. The van der Waals surface area contributed by atoms with E-state index in [2.05, 4.69) is 12.2 Å². The van der Waals surface area contributed by atoms with Gasteiger partial charge in [-0.2, -0.15) is 0 Å². The molecule has 0 heterocycles.